The normalized spacial score (nSPS) is 17.9. The molecule has 1 unspecified atom stereocenters. The van der Waals surface area contributed by atoms with Crippen molar-refractivity contribution in [2.75, 3.05) is 19.8 Å². The van der Waals surface area contributed by atoms with Gasteiger partial charge in [-0.25, -0.2) is 0 Å². The number of hydrogen-bond donors (Lipinski definition) is 2. The average Bonchev–Trinajstić information content (AvgIpc) is 2.93. The summed E-state index contributed by atoms with van der Waals surface area (Å²) in [6, 6.07) is 3.15. The predicted octanol–water partition coefficient (Wildman–Crippen LogP) is 1.14. The molecule has 1 atom stereocenters. The summed E-state index contributed by atoms with van der Waals surface area (Å²) in [4.78, 5) is 23.0. The predicted molar refractivity (Wildman–Crippen MR) is 65.7 cm³/mol. The number of aliphatic carboxylic acids is 1. The van der Waals surface area contributed by atoms with Crippen LogP contribution in [-0.4, -0.2) is 36.7 Å². The molecule has 2 heterocycles. The largest absolute Gasteiger partial charge is 0.481 e. The molecule has 2 rings (SSSR count). The second-order valence-corrected chi connectivity index (χ2v) is 4.58. The maximum Gasteiger partial charge on any atom is 0.308 e. The highest BCUT2D eigenvalue weighted by atomic mass is 16.5. The van der Waals surface area contributed by atoms with Crippen molar-refractivity contribution in [2.45, 2.75) is 12.8 Å². The Morgan fingerprint density at radius 2 is 2.16 bits per heavy atom. The highest BCUT2D eigenvalue weighted by Gasteiger charge is 2.30. The first-order valence-corrected chi connectivity index (χ1v) is 6.30. The fourth-order valence-corrected chi connectivity index (χ4v) is 2.27. The number of carbonyl (C=O) groups is 2. The van der Waals surface area contributed by atoms with Crippen LogP contribution in [0, 0.1) is 11.8 Å². The number of rotatable bonds is 5. The van der Waals surface area contributed by atoms with Crippen LogP contribution in [0.3, 0.4) is 0 Å². The molecule has 104 valence electrons. The van der Waals surface area contributed by atoms with Crippen molar-refractivity contribution in [1.29, 1.82) is 0 Å². The van der Waals surface area contributed by atoms with Crippen LogP contribution >= 0.6 is 0 Å². The highest BCUT2D eigenvalue weighted by Crippen LogP contribution is 2.23. The third-order valence-corrected chi connectivity index (χ3v) is 3.38. The second-order valence-electron chi connectivity index (χ2n) is 4.58. The van der Waals surface area contributed by atoms with Crippen LogP contribution in [0.4, 0.5) is 0 Å². The van der Waals surface area contributed by atoms with Gasteiger partial charge in [0.1, 0.15) is 0 Å². The molecule has 1 aliphatic heterocycles. The number of hydrogen-bond acceptors (Lipinski definition) is 4. The van der Waals surface area contributed by atoms with Gasteiger partial charge in [0.2, 0.25) is 0 Å². The van der Waals surface area contributed by atoms with E-state index in [4.69, 9.17) is 9.15 Å². The summed E-state index contributed by atoms with van der Waals surface area (Å²) in [5.74, 6) is -1.61. The zero-order valence-electron chi connectivity index (χ0n) is 10.5. The van der Waals surface area contributed by atoms with E-state index in [1.807, 2.05) is 0 Å². The number of carbonyl (C=O) groups excluding carboxylic acids is 1. The Hall–Kier alpha value is -1.82. The maximum atomic E-state index is 11.7. The minimum absolute atomic E-state index is 0.0446. The zero-order valence-corrected chi connectivity index (χ0v) is 10.5. The minimum atomic E-state index is -0.883. The SMILES string of the molecule is O=C(NCC(C(=O)O)C1CCOCC1)c1ccco1. The molecule has 2 N–H and O–H groups in total. The summed E-state index contributed by atoms with van der Waals surface area (Å²) < 4.78 is 10.2. The van der Waals surface area contributed by atoms with Crippen molar-refractivity contribution in [3.8, 4) is 0 Å². The maximum absolute atomic E-state index is 11.7. The van der Waals surface area contributed by atoms with E-state index in [9.17, 15) is 14.7 Å². The number of amides is 1. The molecule has 1 saturated heterocycles. The monoisotopic (exact) mass is 267 g/mol. The van der Waals surface area contributed by atoms with Crippen molar-refractivity contribution in [3.63, 3.8) is 0 Å². The van der Waals surface area contributed by atoms with E-state index in [1.54, 1.807) is 12.1 Å². The van der Waals surface area contributed by atoms with Crippen LogP contribution < -0.4 is 5.32 Å². The lowest BCUT2D eigenvalue weighted by molar-refractivity contribution is -0.144. The van der Waals surface area contributed by atoms with Crippen molar-refractivity contribution in [2.24, 2.45) is 11.8 Å². The molecule has 0 radical (unpaired) electrons. The van der Waals surface area contributed by atoms with Gasteiger partial charge in [0.05, 0.1) is 12.2 Å². The summed E-state index contributed by atoms with van der Waals surface area (Å²) in [6.07, 6.45) is 2.84. The van der Waals surface area contributed by atoms with Crippen LogP contribution in [0.15, 0.2) is 22.8 Å². The molecule has 0 aromatic carbocycles. The number of carboxylic acids is 1. The van der Waals surface area contributed by atoms with E-state index in [0.717, 1.165) is 0 Å². The molecule has 1 amide bonds. The Morgan fingerprint density at radius 3 is 2.74 bits per heavy atom. The summed E-state index contributed by atoms with van der Waals surface area (Å²) in [5, 5.41) is 11.9. The Balaban J connectivity index is 1.90. The number of ether oxygens (including phenoxy) is 1. The number of nitrogens with one attached hydrogen (secondary N) is 1. The average molecular weight is 267 g/mol. The number of carboxylic acid groups (broad SMARTS) is 1. The van der Waals surface area contributed by atoms with E-state index in [1.165, 1.54) is 6.26 Å². The first-order chi connectivity index (χ1) is 9.18. The molecular weight excluding hydrogens is 250 g/mol. The van der Waals surface area contributed by atoms with Crippen molar-refractivity contribution >= 4 is 11.9 Å². The van der Waals surface area contributed by atoms with Gasteiger partial charge in [-0.3, -0.25) is 9.59 Å². The summed E-state index contributed by atoms with van der Waals surface area (Å²) in [5.41, 5.74) is 0. The van der Waals surface area contributed by atoms with E-state index in [2.05, 4.69) is 5.32 Å². The Kier molecular flexibility index (Phi) is 4.57. The quantitative estimate of drug-likeness (QED) is 0.835. The summed E-state index contributed by atoms with van der Waals surface area (Å²) in [7, 11) is 0. The van der Waals surface area contributed by atoms with Gasteiger partial charge in [-0.15, -0.1) is 0 Å². The van der Waals surface area contributed by atoms with E-state index in [0.29, 0.717) is 26.1 Å². The van der Waals surface area contributed by atoms with Crippen LogP contribution in [0.25, 0.3) is 0 Å². The highest BCUT2D eigenvalue weighted by molar-refractivity contribution is 5.91. The van der Waals surface area contributed by atoms with Gasteiger partial charge in [-0.05, 0) is 30.9 Å². The smallest absolute Gasteiger partial charge is 0.308 e. The van der Waals surface area contributed by atoms with E-state index >= 15 is 0 Å². The Labute approximate surface area is 110 Å². The van der Waals surface area contributed by atoms with Gasteiger partial charge < -0.3 is 19.6 Å². The molecular formula is C13H17NO5. The molecule has 0 saturated carbocycles. The van der Waals surface area contributed by atoms with Gasteiger partial charge in [-0.2, -0.15) is 0 Å². The lowest BCUT2D eigenvalue weighted by atomic mass is 9.86. The molecule has 0 aliphatic carbocycles. The molecule has 6 nitrogen and oxygen atoms in total. The van der Waals surface area contributed by atoms with Gasteiger partial charge >= 0.3 is 5.97 Å². The third-order valence-electron chi connectivity index (χ3n) is 3.38. The molecule has 6 heteroatoms. The number of furan rings is 1. The van der Waals surface area contributed by atoms with Crippen LogP contribution in [0.2, 0.25) is 0 Å². The molecule has 1 aromatic heterocycles. The minimum Gasteiger partial charge on any atom is -0.481 e. The molecule has 1 fully saturated rings. The van der Waals surface area contributed by atoms with E-state index < -0.39 is 11.9 Å². The Morgan fingerprint density at radius 1 is 1.42 bits per heavy atom. The van der Waals surface area contributed by atoms with Crippen LogP contribution in [-0.2, 0) is 9.53 Å². The summed E-state index contributed by atoms with van der Waals surface area (Å²) in [6.45, 7) is 1.28. The fourth-order valence-electron chi connectivity index (χ4n) is 2.27. The second kappa shape index (κ2) is 6.38. The van der Waals surface area contributed by atoms with Gasteiger partial charge in [0.25, 0.3) is 5.91 Å². The first kappa shape index (κ1) is 13.6. The third kappa shape index (κ3) is 3.57. The van der Waals surface area contributed by atoms with Crippen LogP contribution in [0.1, 0.15) is 23.4 Å². The van der Waals surface area contributed by atoms with Crippen LogP contribution in [0.5, 0.6) is 0 Å². The lowest BCUT2D eigenvalue weighted by Gasteiger charge is -2.27. The summed E-state index contributed by atoms with van der Waals surface area (Å²) >= 11 is 0. The molecule has 1 aliphatic rings. The van der Waals surface area contributed by atoms with Gasteiger partial charge in [-0.1, -0.05) is 0 Å². The first-order valence-electron chi connectivity index (χ1n) is 6.30. The van der Waals surface area contributed by atoms with Gasteiger partial charge in [0.15, 0.2) is 5.76 Å². The molecule has 0 bridgehead atoms. The zero-order chi connectivity index (χ0) is 13.7. The fraction of sp³-hybridized carbons (Fsp3) is 0.538. The topological polar surface area (TPSA) is 88.8 Å². The van der Waals surface area contributed by atoms with Crippen molar-refractivity contribution < 1.29 is 23.8 Å². The molecule has 19 heavy (non-hydrogen) atoms. The van der Waals surface area contributed by atoms with Gasteiger partial charge in [0, 0.05) is 19.8 Å². The van der Waals surface area contributed by atoms with Crippen molar-refractivity contribution in [1.82, 2.24) is 5.32 Å². The van der Waals surface area contributed by atoms with Crippen molar-refractivity contribution in [3.05, 3.63) is 24.2 Å². The molecule has 1 aromatic rings. The molecule has 0 spiro atoms. The Bertz CT molecular complexity index is 422. The van der Waals surface area contributed by atoms with E-state index in [-0.39, 0.29) is 24.1 Å². The standard InChI is InChI=1S/C13H17NO5/c15-12(11-2-1-5-19-11)14-8-10(13(16)17)9-3-6-18-7-4-9/h1-2,5,9-10H,3-4,6-8H2,(H,14,15)(H,16,17). The lowest BCUT2D eigenvalue weighted by Crippen LogP contribution is -2.38.